The van der Waals surface area contributed by atoms with E-state index >= 15 is 0 Å². The molecule has 0 N–H and O–H groups in total. The number of thioether (sulfide) groups is 1. The van der Waals surface area contributed by atoms with Crippen LogP contribution < -0.4 is 0 Å². The van der Waals surface area contributed by atoms with Crippen LogP contribution in [0.25, 0.3) is 0 Å². The van der Waals surface area contributed by atoms with E-state index in [-0.39, 0.29) is 11.9 Å². The first-order valence-electron chi connectivity index (χ1n) is 5.21. The second-order valence-electron chi connectivity index (χ2n) is 3.87. The fourth-order valence-corrected chi connectivity index (χ4v) is 2.24. The summed E-state index contributed by atoms with van der Waals surface area (Å²) in [6.07, 6.45) is 2.29. The van der Waals surface area contributed by atoms with Crippen molar-refractivity contribution < 1.29 is 9.53 Å². The van der Waals surface area contributed by atoms with Gasteiger partial charge in [-0.3, -0.25) is 4.79 Å². The lowest BCUT2D eigenvalue weighted by Crippen LogP contribution is -2.15. The molecule has 0 amide bonds. The Hall–Kier alpha value is -1.11. The molecule has 1 heterocycles. The number of methoxy groups -OCH3 is 1. The van der Waals surface area contributed by atoms with Crippen molar-refractivity contribution in [2.24, 2.45) is 5.92 Å². The Labute approximate surface area is 97.7 Å². The van der Waals surface area contributed by atoms with E-state index in [0.29, 0.717) is 11.8 Å². The number of carbonyl (C=O) groups is 1. The Morgan fingerprint density at radius 3 is 3.06 bits per heavy atom. The molecule has 0 aliphatic heterocycles. The number of tetrazole rings is 1. The monoisotopic (exact) mass is 242 g/mol. The lowest BCUT2D eigenvalue weighted by Gasteiger charge is -2.07. The molecule has 1 aliphatic rings. The molecule has 1 unspecified atom stereocenters. The summed E-state index contributed by atoms with van der Waals surface area (Å²) in [5.74, 6) is 0.303. The van der Waals surface area contributed by atoms with Gasteiger partial charge in [-0.15, -0.1) is 5.10 Å². The summed E-state index contributed by atoms with van der Waals surface area (Å²) in [7, 11) is 1.40. The van der Waals surface area contributed by atoms with Gasteiger partial charge in [-0.1, -0.05) is 18.7 Å². The van der Waals surface area contributed by atoms with Gasteiger partial charge in [-0.25, -0.2) is 4.68 Å². The lowest BCUT2D eigenvalue weighted by atomic mass is 10.2. The quantitative estimate of drug-likeness (QED) is 0.564. The van der Waals surface area contributed by atoms with Gasteiger partial charge in [-0.05, 0) is 23.3 Å². The van der Waals surface area contributed by atoms with E-state index in [4.69, 9.17) is 0 Å². The Balaban J connectivity index is 1.89. The average molecular weight is 242 g/mol. The Kier molecular flexibility index (Phi) is 3.42. The van der Waals surface area contributed by atoms with Crippen LogP contribution in [-0.4, -0.2) is 39.0 Å². The first kappa shape index (κ1) is 11.4. The third kappa shape index (κ3) is 2.52. The Morgan fingerprint density at radius 1 is 1.69 bits per heavy atom. The van der Waals surface area contributed by atoms with Crippen molar-refractivity contribution in [2.75, 3.05) is 12.9 Å². The second kappa shape index (κ2) is 4.82. The molecule has 16 heavy (non-hydrogen) atoms. The SMILES string of the molecule is COC(=O)C(C)CSc1nnnn1C1CC1. The van der Waals surface area contributed by atoms with Crippen LogP contribution in [0.3, 0.4) is 0 Å². The van der Waals surface area contributed by atoms with E-state index in [9.17, 15) is 4.79 Å². The van der Waals surface area contributed by atoms with E-state index in [1.54, 1.807) is 0 Å². The van der Waals surface area contributed by atoms with Crippen LogP contribution >= 0.6 is 11.8 Å². The third-order valence-electron chi connectivity index (χ3n) is 2.42. The number of aromatic nitrogens is 4. The van der Waals surface area contributed by atoms with Crippen LogP contribution in [0.5, 0.6) is 0 Å². The summed E-state index contributed by atoms with van der Waals surface area (Å²) in [4.78, 5) is 11.2. The van der Waals surface area contributed by atoms with Crippen LogP contribution in [0.4, 0.5) is 0 Å². The molecule has 0 aromatic carbocycles. The number of carbonyl (C=O) groups excluding carboxylic acids is 1. The molecule has 0 saturated heterocycles. The number of esters is 1. The minimum absolute atomic E-state index is 0.139. The number of nitrogens with zero attached hydrogens (tertiary/aromatic N) is 4. The molecule has 0 bridgehead atoms. The molecule has 7 heteroatoms. The van der Waals surface area contributed by atoms with Gasteiger partial charge in [0.25, 0.3) is 0 Å². The minimum Gasteiger partial charge on any atom is -0.469 e. The maximum atomic E-state index is 11.2. The number of hydrogen-bond acceptors (Lipinski definition) is 6. The van der Waals surface area contributed by atoms with Gasteiger partial charge in [0.2, 0.25) is 5.16 Å². The molecule has 1 aromatic rings. The van der Waals surface area contributed by atoms with Crippen LogP contribution in [0.15, 0.2) is 5.16 Å². The minimum atomic E-state index is -0.196. The molecule has 2 rings (SSSR count). The topological polar surface area (TPSA) is 69.9 Å². The van der Waals surface area contributed by atoms with Crippen molar-refractivity contribution in [3.8, 4) is 0 Å². The molecule has 0 spiro atoms. The van der Waals surface area contributed by atoms with E-state index < -0.39 is 0 Å². The predicted molar refractivity (Wildman–Crippen MR) is 58.0 cm³/mol. The number of hydrogen-bond donors (Lipinski definition) is 0. The summed E-state index contributed by atoms with van der Waals surface area (Å²) in [6, 6.07) is 0.464. The highest BCUT2D eigenvalue weighted by Gasteiger charge is 2.28. The lowest BCUT2D eigenvalue weighted by molar-refractivity contribution is -0.143. The predicted octanol–water partition coefficient (Wildman–Crippen LogP) is 0.909. The Bertz CT molecular complexity index is 377. The summed E-state index contributed by atoms with van der Waals surface area (Å²) < 4.78 is 6.50. The highest BCUT2D eigenvalue weighted by Crippen LogP contribution is 2.36. The van der Waals surface area contributed by atoms with Gasteiger partial charge in [0, 0.05) is 5.75 Å². The van der Waals surface area contributed by atoms with Gasteiger partial charge >= 0.3 is 5.97 Å². The molecule has 1 saturated carbocycles. The fraction of sp³-hybridized carbons (Fsp3) is 0.778. The summed E-state index contributed by atoms with van der Waals surface area (Å²) in [5, 5.41) is 12.3. The van der Waals surface area contributed by atoms with Gasteiger partial charge in [0.1, 0.15) is 0 Å². The molecule has 1 fully saturated rings. The molecular weight excluding hydrogens is 228 g/mol. The summed E-state index contributed by atoms with van der Waals surface area (Å²) in [6.45, 7) is 1.84. The highest BCUT2D eigenvalue weighted by atomic mass is 32.2. The Morgan fingerprint density at radius 2 is 2.44 bits per heavy atom. The van der Waals surface area contributed by atoms with Gasteiger partial charge in [0.15, 0.2) is 0 Å². The first-order valence-corrected chi connectivity index (χ1v) is 6.19. The molecule has 0 radical (unpaired) electrons. The molecular formula is C9H14N4O2S. The zero-order valence-corrected chi connectivity index (χ0v) is 10.1. The van der Waals surface area contributed by atoms with Crippen molar-refractivity contribution in [1.29, 1.82) is 0 Å². The molecule has 6 nitrogen and oxygen atoms in total. The average Bonchev–Trinajstić information content (AvgIpc) is 3.04. The fourth-order valence-electron chi connectivity index (χ4n) is 1.30. The van der Waals surface area contributed by atoms with Crippen molar-refractivity contribution in [3.05, 3.63) is 0 Å². The molecule has 1 aromatic heterocycles. The first-order chi connectivity index (χ1) is 7.72. The zero-order valence-electron chi connectivity index (χ0n) is 9.29. The van der Waals surface area contributed by atoms with Gasteiger partial charge in [-0.2, -0.15) is 0 Å². The molecule has 1 atom stereocenters. The number of ether oxygens (including phenoxy) is 1. The van der Waals surface area contributed by atoms with Crippen LogP contribution in [0, 0.1) is 5.92 Å². The van der Waals surface area contributed by atoms with Crippen molar-refractivity contribution in [1.82, 2.24) is 20.2 Å². The van der Waals surface area contributed by atoms with E-state index in [1.165, 1.54) is 18.9 Å². The van der Waals surface area contributed by atoms with Gasteiger partial charge in [0.05, 0.1) is 19.1 Å². The standard InChI is InChI=1S/C9H14N4O2S/c1-6(8(14)15-2)5-16-9-10-11-12-13(9)7-3-4-7/h6-7H,3-5H2,1-2H3. The normalized spacial score (nSPS) is 17.1. The summed E-state index contributed by atoms with van der Waals surface area (Å²) >= 11 is 1.50. The van der Waals surface area contributed by atoms with Crippen molar-refractivity contribution in [3.63, 3.8) is 0 Å². The van der Waals surface area contributed by atoms with Crippen LogP contribution in [0.1, 0.15) is 25.8 Å². The second-order valence-corrected chi connectivity index (χ2v) is 4.86. The van der Waals surface area contributed by atoms with Crippen LogP contribution in [-0.2, 0) is 9.53 Å². The smallest absolute Gasteiger partial charge is 0.309 e. The largest absolute Gasteiger partial charge is 0.469 e. The maximum absolute atomic E-state index is 11.2. The van der Waals surface area contributed by atoms with Gasteiger partial charge < -0.3 is 4.74 Å². The van der Waals surface area contributed by atoms with E-state index in [0.717, 1.165) is 18.0 Å². The van der Waals surface area contributed by atoms with Crippen LogP contribution in [0.2, 0.25) is 0 Å². The maximum Gasteiger partial charge on any atom is 0.309 e. The van der Waals surface area contributed by atoms with E-state index in [1.807, 2.05) is 11.6 Å². The third-order valence-corrected chi connectivity index (χ3v) is 3.61. The van der Waals surface area contributed by atoms with E-state index in [2.05, 4.69) is 20.3 Å². The highest BCUT2D eigenvalue weighted by molar-refractivity contribution is 7.99. The molecule has 1 aliphatic carbocycles. The summed E-state index contributed by atoms with van der Waals surface area (Å²) in [5.41, 5.74) is 0. The van der Waals surface area contributed by atoms with Crippen molar-refractivity contribution >= 4 is 17.7 Å². The van der Waals surface area contributed by atoms with Crippen molar-refractivity contribution in [2.45, 2.75) is 31.0 Å². The zero-order chi connectivity index (χ0) is 11.5. The number of rotatable bonds is 5. The molecule has 88 valence electrons.